The summed E-state index contributed by atoms with van der Waals surface area (Å²) in [6, 6.07) is 0. The molecule has 1 atom stereocenters. The highest BCUT2D eigenvalue weighted by Crippen LogP contribution is 2.13. The fraction of sp³-hybridized carbons (Fsp3) is 0.833. The van der Waals surface area contributed by atoms with Crippen LogP contribution in [-0.4, -0.2) is 62.1 Å². The van der Waals surface area contributed by atoms with Gasteiger partial charge in [0.05, 0.1) is 6.54 Å². The summed E-state index contributed by atoms with van der Waals surface area (Å²) >= 11 is 0. The fourth-order valence-electron chi connectivity index (χ4n) is 1.77. The van der Waals surface area contributed by atoms with Crippen LogP contribution < -0.4 is 10.6 Å². The smallest absolute Gasteiger partial charge is 0.252 e. The first-order valence-corrected chi connectivity index (χ1v) is 6.35. The van der Waals surface area contributed by atoms with Crippen molar-refractivity contribution >= 4 is 11.8 Å². The Morgan fingerprint density at radius 1 is 1.39 bits per heavy atom. The zero-order valence-electron chi connectivity index (χ0n) is 11.4. The Morgan fingerprint density at radius 3 is 2.50 bits per heavy atom. The van der Waals surface area contributed by atoms with Gasteiger partial charge >= 0.3 is 0 Å². The molecule has 6 heteroatoms. The number of amides is 2. The number of ether oxygens (including phenoxy) is 1. The molecule has 1 aliphatic heterocycles. The van der Waals surface area contributed by atoms with Crippen LogP contribution in [0.2, 0.25) is 0 Å². The van der Waals surface area contributed by atoms with Crippen molar-refractivity contribution in [3.8, 4) is 0 Å². The Kier molecular flexibility index (Phi) is 5.55. The molecule has 2 amide bonds. The molecule has 0 spiro atoms. The molecule has 1 heterocycles. The highest BCUT2D eigenvalue weighted by Gasteiger charge is 2.31. The molecular formula is C12H23N3O3. The van der Waals surface area contributed by atoms with Gasteiger partial charge in [0, 0.05) is 33.3 Å². The molecule has 0 bridgehead atoms. The molecule has 1 rings (SSSR count). The normalized spacial score (nSPS) is 19.2. The molecule has 0 radical (unpaired) electrons. The SMILES string of the molecule is CCC(C)(OC)C(=O)NCC(=O)N1CCNCC1. The maximum atomic E-state index is 11.9. The van der Waals surface area contributed by atoms with Crippen LogP contribution in [0.1, 0.15) is 20.3 Å². The van der Waals surface area contributed by atoms with Crippen LogP contribution in [0.15, 0.2) is 0 Å². The van der Waals surface area contributed by atoms with E-state index in [0.29, 0.717) is 19.5 Å². The van der Waals surface area contributed by atoms with E-state index in [-0.39, 0.29) is 18.4 Å². The van der Waals surface area contributed by atoms with Crippen molar-refractivity contribution in [2.24, 2.45) is 0 Å². The lowest BCUT2D eigenvalue weighted by Gasteiger charge is -2.29. The average Bonchev–Trinajstić information content (AvgIpc) is 2.44. The van der Waals surface area contributed by atoms with Crippen LogP contribution >= 0.6 is 0 Å². The van der Waals surface area contributed by atoms with Gasteiger partial charge in [-0.15, -0.1) is 0 Å². The number of piperazine rings is 1. The third kappa shape index (κ3) is 3.68. The minimum Gasteiger partial charge on any atom is -0.369 e. The van der Waals surface area contributed by atoms with Gasteiger partial charge < -0.3 is 20.3 Å². The van der Waals surface area contributed by atoms with Crippen molar-refractivity contribution in [3.63, 3.8) is 0 Å². The predicted molar refractivity (Wildman–Crippen MR) is 68.2 cm³/mol. The van der Waals surface area contributed by atoms with Gasteiger partial charge in [-0.2, -0.15) is 0 Å². The molecule has 0 aliphatic carbocycles. The number of nitrogens with one attached hydrogen (secondary N) is 2. The van der Waals surface area contributed by atoms with Gasteiger partial charge in [-0.05, 0) is 13.3 Å². The number of methoxy groups -OCH3 is 1. The summed E-state index contributed by atoms with van der Waals surface area (Å²) in [5.41, 5.74) is -0.857. The van der Waals surface area contributed by atoms with Crippen molar-refractivity contribution in [2.75, 3.05) is 39.8 Å². The Bertz CT molecular complexity index is 297. The molecule has 0 aromatic carbocycles. The number of carbonyl (C=O) groups excluding carboxylic acids is 2. The molecule has 0 saturated carbocycles. The van der Waals surface area contributed by atoms with Crippen molar-refractivity contribution in [1.29, 1.82) is 0 Å². The van der Waals surface area contributed by atoms with E-state index in [4.69, 9.17) is 4.74 Å². The molecule has 1 fully saturated rings. The quantitative estimate of drug-likeness (QED) is 0.686. The second-order valence-corrected chi connectivity index (χ2v) is 4.60. The van der Waals surface area contributed by atoms with Crippen molar-refractivity contribution in [3.05, 3.63) is 0 Å². The minimum atomic E-state index is -0.857. The van der Waals surface area contributed by atoms with Gasteiger partial charge in [-0.1, -0.05) is 6.92 Å². The van der Waals surface area contributed by atoms with E-state index < -0.39 is 5.60 Å². The maximum absolute atomic E-state index is 11.9. The number of hydrogen-bond acceptors (Lipinski definition) is 4. The largest absolute Gasteiger partial charge is 0.369 e. The van der Waals surface area contributed by atoms with Crippen molar-refractivity contribution in [1.82, 2.24) is 15.5 Å². The zero-order valence-corrected chi connectivity index (χ0v) is 11.4. The second-order valence-electron chi connectivity index (χ2n) is 4.60. The summed E-state index contributed by atoms with van der Waals surface area (Å²) < 4.78 is 5.18. The Morgan fingerprint density at radius 2 is 2.00 bits per heavy atom. The molecule has 104 valence electrons. The van der Waals surface area contributed by atoms with E-state index in [0.717, 1.165) is 13.1 Å². The minimum absolute atomic E-state index is 0.0395. The van der Waals surface area contributed by atoms with Crippen LogP contribution in [0.3, 0.4) is 0 Å². The molecule has 2 N–H and O–H groups in total. The Hall–Kier alpha value is -1.14. The van der Waals surface area contributed by atoms with Gasteiger partial charge in [0.25, 0.3) is 5.91 Å². The molecule has 6 nitrogen and oxygen atoms in total. The first-order valence-electron chi connectivity index (χ1n) is 6.35. The van der Waals surface area contributed by atoms with Gasteiger partial charge in [0.2, 0.25) is 5.91 Å². The van der Waals surface area contributed by atoms with E-state index in [2.05, 4.69) is 10.6 Å². The lowest BCUT2D eigenvalue weighted by Crippen LogP contribution is -2.52. The third-order valence-electron chi connectivity index (χ3n) is 3.48. The number of rotatable bonds is 5. The van der Waals surface area contributed by atoms with Gasteiger partial charge in [-0.3, -0.25) is 9.59 Å². The van der Waals surface area contributed by atoms with Crippen LogP contribution in [-0.2, 0) is 14.3 Å². The third-order valence-corrected chi connectivity index (χ3v) is 3.48. The summed E-state index contributed by atoms with van der Waals surface area (Å²) in [5, 5.41) is 5.82. The summed E-state index contributed by atoms with van der Waals surface area (Å²) in [6.07, 6.45) is 0.567. The first kappa shape index (κ1) is 14.9. The Labute approximate surface area is 108 Å². The van der Waals surface area contributed by atoms with E-state index >= 15 is 0 Å². The van der Waals surface area contributed by atoms with Gasteiger partial charge in [-0.25, -0.2) is 0 Å². The van der Waals surface area contributed by atoms with Crippen LogP contribution in [0.5, 0.6) is 0 Å². The lowest BCUT2D eigenvalue weighted by atomic mass is 10.0. The second kappa shape index (κ2) is 6.70. The van der Waals surface area contributed by atoms with Gasteiger partial charge in [0.1, 0.15) is 5.60 Å². The summed E-state index contributed by atoms with van der Waals surface area (Å²) in [4.78, 5) is 25.5. The molecule has 0 aromatic heterocycles. The molecule has 1 aliphatic rings. The predicted octanol–water partition coefficient (Wildman–Crippen LogP) is -0.650. The summed E-state index contributed by atoms with van der Waals surface area (Å²) in [6.45, 7) is 6.65. The van der Waals surface area contributed by atoms with E-state index in [1.807, 2.05) is 6.92 Å². The standard InChI is InChI=1S/C12H23N3O3/c1-4-12(2,18-3)11(17)14-9-10(16)15-7-5-13-6-8-15/h13H,4-9H2,1-3H3,(H,14,17). The van der Waals surface area contributed by atoms with E-state index in [9.17, 15) is 9.59 Å². The molecule has 1 unspecified atom stereocenters. The maximum Gasteiger partial charge on any atom is 0.252 e. The lowest BCUT2D eigenvalue weighted by molar-refractivity contribution is -0.144. The molecule has 18 heavy (non-hydrogen) atoms. The highest BCUT2D eigenvalue weighted by molar-refractivity contribution is 5.89. The topological polar surface area (TPSA) is 70.7 Å². The monoisotopic (exact) mass is 257 g/mol. The first-order chi connectivity index (χ1) is 8.53. The van der Waals surface area contributed by atoms with Gasteiger partial charge in [0.15, 0.2) is 0 Å². The highest BCUT2D eigenvalue weighted by atomic mass is 16.5. The van der Waals surface area contributed by atoms with Crippen LogP contribution in [0.25, 0.3) is 0 Å². The Balaban J connectivity index is 2.39. The van der Waals surface area contributed by atoms with Crippen molar-refractivity contribution in [2.45, 2.75) is 25.9 Å². The summed E-state index contributed by atoms with van der Waals surface area (Å²) in [5.74, 6) is -0.282. The molecule has 1 saturated heterocycles. The summed E-state index contributed by atoms with van der Waals surface area (Å²) in [7, 11) is 1.50. The zero-order chi connectivity index (χ0) is 13.6. The number of nitrogens with zero attached hydrogens (tertiary/aromatic N) is 1. The van der Waals surface area contributed by atoms with Crippen LogP contribution in [0, 0.1) is 0 Å². The van der Waals surface area contributed by atoms with E-state index in [1.165, 1.54) is 7.11 Å². The fourth-order valence-corrected chi connectivity index (χ4v) is 1.77. The number of carbonyl (C=O) groups is 2. The van der Waals surface area contributed by atoms with Crippen LogP contribution in [0.4, 0.5) is 0 Å². The van der Waals surface area contributed by atoms with Crippen molar-refractivity contribution < 1.29 is 14.3 Å². The molecule has 0 aromatic rings. The average molecular weight is 257 g/mol. The number of hydrogen-bond donors (Lipinski definition) is 2. The molecular weight excluding hydrogens is 234 g/mol. The van der Waals surface area contributed by atoms with E-state index in [1.54, 1.807) is 11.8 Å².